The minimum Gasteiger partial charge on any atom is -0.466 e. The Morgan fingerprint density at radius 3 is 2.77 bits per heavy atom. The molecule has 2 unspecified atom stereocenters. The molecule has 0 radical (unpaired) electrons. The lowest BCUT2D eigenvalue weighted by atomic mass is 9.97. The van der Waals surface area contributed by atoms with Crippen LogP contribution >= 0.6 is 11.3 Å². The molecule has 0 saturated heterocycles. The molecule has 5 heteroatoms. The summed E-state index contributed by atoms with van der Waals surface area (Å²) < 4.78 is 5.18. The molecule has 0 amide bonds. The minimum absolute atomic E-state index is 0.0148. The Balaban J connectivity index is 1.31. The summed E-state index contributed by atoms with van der Waals surface area (Å²) in [6.07, 6.45) is 1.96. The molecule has 2 heterocycles. The molecule has 0 N–H and O–H groups in total. The van der Waals surface area contributed by atoms with E-state index in [0.717, 1.165) is 37.5 Å². The maximum Gasteiger partial charge on any atom is 0.309 e. The second-order valence-corrected chi connectivity index (χ2v) is 9.66. The maximum atomic E-state index is 11.9. The molecule has 1 fully saturated rings. The molecule has 1 aromatic heterocycles. The first kappa shape index (κ1) is 20.4. The molecule has 2 aliphatic rings. The molecule has 4 nitrogen and oxygen atoms in total. The van der Waals surface area contributed by atoms with E-state index >= 15 is 0 Å². The van der Waals surface area contributed by atoms with Crippen LogP contribution in [0.2, 0.25) is 0 Å². The Morgan fingerprint density at radius 2 is 1.97 bits per heavy atom. The van der Waals surface area contributed by atoms with Gasteiger partial charge in [0.15, 0.2) is 0 Å². The summed E-state index contributed by atoms with van der Waals surface area (Å²) in [4.78, 5) is 20.8. The van der Waals surface area contributed by atoms with E-state index in [0.29, 0.717) is 12.5 Å². The zero-order chi connectivity index (χ0) is 21.4. The van der Waals surface area contributed by atoms with Crippen LogP contribution in [0.3, 0.4) is 0 Å². The van der Waals surface area contributed by atoms with Gasteiger partial charge in [-0.25, -0.2) is 4.98 Å². The summed E-state index contributed by atoms with van der Waals surface area (Å²) in [6.45, 7) is 7.50. The number of hydrogen-bond acceptors (Lipinski definition) is 5. The molecule has 160 valence electrons. The van der Waals surface area contributed by atoms with E-state index in [1.54, 1.807) is 0 Å². The lowest BCUT2D eigenvalue weighted by molar-refractivity contribution is -0.145. The number of carbonyl (C=O) groups excluding carboxylic acids is 1. The number of ether oxygens (including phenoxy) is 1. The van der Waals surface area contributed by atoms with Crippen molar-refractivity contribution < 1.29 is 9.53 Å². The molecule has 2 atom stereocenters. The number of esters is 1. The van der Waals surface area contributed by atoms with Gasteiger partial charge < -0.3 is 4.74 Å². The van der Waals surface area contributed by atoms with Crippen LogP contribution in [-0.2, 0) is 22.5 Å². The Hall–Kier alpha value is -2.50. The summed E-state index contributed by atoms with van der Waals surface area (Å²) in [6, 6.07) is 17.1. The monoisotopic (exact) mass is 432 g/mol. The number of carbonyl (C=O) groups is 1. The van der Waals surface area contributed by atoms with Gasteiger partial charge in [0.05, 0.1) is 18.2 Å². The first-order valence-electron chi connectivity index (χ1n) is 11.2. The van der Waals surface area contributed by atoms with Crippen LogP contribution in [0.1, 0.15) is 29.5 Å². The standard InChI is InChI=1S/C26H28N2O2S/c1-3-30-26(29)22-14-19(22)15-28-13-12-23-24(16-28)31-25(27-23)21-11-7-10-20(17(21)2)18-8-5-4-6-9-18/h4-11,19,22H,3,12-16H2,1-2H3. The van der Waals surface area contributed by atoms with E-state index in [-0.39, 0.29) is 11.9 Å². The normalized spacial score (nSPS) is 20.3. The van der Waals surface area contributed by atoms with Crippen molar-refractivity contribution in [3.8, 4) is 21.7 Å². The third-order valence-electron chi connectivity index (χ3n) is 6.46. The van der Waals surface area contributed by atoms with Crippen LogP contribution < -0.4 is 0 Å². The summed E-state index contributed by atoms with van der Waals surface area (Å²) in [5.41, 5.74) is 6.28. The lowest BCUT2D eigenvalue weighted by Gasteiger charge is -2.25. The van der Waals surface area contributed by atoms with Crippen LogP contribution in [0.15, 0.2) is 48.5 Å². The van der Waals surface area contributed by atoms with E-state index in [9.17, 15) is 4.79 Å². The fraction of sp³-hybridized carbons (Fsp3) is 0.385. The largest absolute Gasteiger partial charge is 0.466 e. The summed E-state index contributed by atoms with van der Waals surface area (Å²) in [7, 11) is 0. The topological polar surface area (TPSA) is 42.4 Å². The number of aromatic nitrogens is 1. The highest BCUT2D eigenvalue weighted by molar-refractivity contribution is 7.15. The van der Waals surface area contributed by atoms with Gasteiger partial charge in [-0.05, 0) is 42.9 Å². The van der Waals surface area contributed by atoms with Crippen LogP contribution in [0, 0.1) is 18.8 Å². The predicted molar refractivity (Wildman–Crippen MR) is 125 cm³/mol. The van der Waals surface area contributed by atoms with Crippen molar-refractivity contribution >= 4 is 17.3 Å². The second kappa shape index (κ2) is 8.56. The van der Waals surface area contributed by atoms with Crippen LogP contribution in [0.25, 0.3) is 21.7 Å². The van der Waals surface area contributed by atoms with E-state index in [1.807, 2.05) is 18.3 Å². The van der Waals surface area contributed by atoms with Crippen molar-refractivity contribution in [3.05, 3.63) is 64.7 Å². The SMILES string of the molecule is CCOC(=O)C1CC1CN1CCc2nc(-c3cccc(-c4ccccc4)c3C)sc2C1. The van der Waals surface area contributed by atoms with Crippen LogP contribution in [0.5, 0.6) is 0 Å². The van der Waals surface area contributed by atoms with E-state index < -0.39 is 0 Å². The van der Waals surface area contributed by atoms with Gasteiger partial charge in [0.1, 0.15) is 5.01 Å². The molecule has 2 aromatic carbocycles. The average molecular weight is 433 g/mol. The first-order chi connectivity index (χ1) is 15.1. The van der Waals surface area contributed by atoms with Gasteiger partial charge in [-0.15, -0.1) is 11.3 Å². The zero-order valence-corrected chi connectivity index (χ0v) is 19.0. The minimum atomic E-state index is -0.0148. The van der Waals surface area contributed by atoms with Crippen LogP contribution in [0.4, 0.5) is 0 Å². The number of benzene rings is 2. The number of hydrogen-bond donors (Lipinski definition) is 0. The molecule has 31 heavy (non-hydrogen) atoms. The van der Waals surface area contributed by atoms with Gasteiger partial charge >= 0.3 is 5.97 Å². The average Bonchev–Trinajstić information content (AvgIpc) is 3.42. The Morgan fingerprint density at radius 1 is 1.16 bits per heavy atom. The van der Waals surface area contributed by atoms with Crippen molar-refractivity contribution in [2.75, 3.05) is 19.7 Å². The second-order valence-electron chi connectivity index (χ2n) is 8.57. The predicted octanol–water partition coefficient (Wildman–Crippen LogP) is 5.34. The zero-order valence-electron chi connectivity index (χ0n) is 18.1. The fourth-order valence-electron chi connectivity index (χ4n) is 4.64. The molecule has 0 spiro atoms. The highest BCUT2D eigenvalue weighted by atomic mass is 32.1. The lowest BCUT2D eigenvalue weighted by Crippen LogP contribution is -2.32. The number of rotatable bonds is 6. The Kier molecular flexibility index (Phi) is 5.63. The van der Waals surface area contributed by atoms with Gasteiger partial charge in [-0.3, -0.25) is 9.69 Å². The quantitative estimate of drug-likeness (QED) is 0.493. The molecular weight excluding hydrogens is 404 g/mol. The third kappa shape index (κ3) is 4.17. The van der Waals surface area contributed by atoms with Gasteiger partial charge in [0.2, 0.25) is 0 Å². The summed E-state index contributed by atoms with van der Waals surface area (Å²) in [5.74, 6) is 0.554. The van der Waals surface area contributed by atoms with E-state index in [4.69, 9.17) is 9.72 Å². The van der Waals surface area contributed by atoms with Crippen LogP contribution in [-0.4, -0.2) is 35.5 Å². The van der Waals surface area contributed by atoms with Crippen molar-refractivity contribution in [1.29, 1.82) is 0 Å². The molecule has 5 rings (SSSR count). The summed E-state index contributed by atoms with van der Waals surface area (Å²) in [5, 5.41) is 1.12. The molecular formula is C26H28N2O2S. The highest BCUT2D eigenvalue weighted by Gasteiger charge is 2.45. The highest BCUT2D eigenvalue weighted by Crippen LogP contribution is 2.42. The molecule has 1 aliphatic carbocycles. The van der Waals surface area contributed by atoms with Crippen molar-refractivity contribution in [3.63, 3.8) is 0 Å². The van der Waals surface area contributed by atoms with Gasteiger partial charge in [-0.1, -0.05) is 48.5 Å². The summed E-state index contributed by atoms with van der Waals surface area (Å²) >= 11 is 1.83. The van der Waals surface area contributed by atoms with Crippen molar-refractivity contribution in [2.45, 2.75) is 33.2 Å². The third-order valence-corrected chi connectivity index (χ3v) is 7.58. The van der Waals surface area contributed by atoms with E-state index in [2.05, 4.69) is 60.4 Å². The first-order valence-corrected chi connectivity index (χ1v) is 12.0. The van der Waals surface area contributed by atoms with Crippen molar-refractivity contribution in [2.24, 2.45) is 11.8 Å². The fourth-order valence-corrected chi connectivity index (χ4v) is 5.87. The molecule has 1 saturated carbocycles. The molecule has 3 aromatic rings. The Bertz CT molecular complexity index is 1090. The molecule has 0 bridgehead atoms. The van der Waals surface area contributed by atoms with E-state index in [1.165, 1.54) is 32.8 Å². The Labute approximate surface area is 187 Å². The number of thiazole rings is 1. The van der Waals surface area contributed by atoms with Gasteiger partial charge in [0.25, 0.3) is 0 Å². The molecule has 1 aliphatic heterocycles. The van der Waals surface area contributed by atoms with Gasteiger partial charge in [0, 0.05) is 36.5 Å². The van der Waals surface area contributed by atoms with Crippen molar-refractivity contribution in [1.82, 2.24) is 9.88 Å². The maximum absolute atomic E-state index is 11.9. The van der Waals surface area contributed by atoms with Gasteiger partial charge in [-0.2, -0.15) is 0 Å². The number of nitrogens with zero attached hydrogens (tertiary/aromatic N) is 2. The smallest absolute Gasteiger partial charge is 0.309 e. The number of fused-ring (bicyclic) bond motifs is 1.